The number of rotatable bonds is 9. The number of carboxylic acid groups (broad SMARTS) is 1. The standard InChI is InChI=1S/C36H39N9O4/c1-21(2)31(43-36(48)49)35(47)45-16-4-6-30(45)33-39-19-27(42-33)25-13-9-23(10-14-25)22-7-11-24(12-8-22)26-18-38-32(41-26)29-5-3-15-44(29)34(46)28-17-37-20-40-28/h7-14,17-21,29-31,43H,3-6,15-16H2,1-2H3,(H,37,40)(H,38,41)(H,39,42)(H,48,49)/t29-,30-,31-/m0/s1. The highest BCUT2D eigenvalue weighted by Crippen LogP contribution is 2.35. The Hall–Kier alpha value is -5.72. The molecule has 3 atom stereocenters. The Kier molecular flexibility index (Phi) is 8.72. The summed E-state index contributed by atoms with van der Waals surface area (Å²) in [4.78, 5) is 64.2. The van der Waals surface area contributed by atoms with Gasteiger partial charge in [0.05, 0.1) is 48.4 Å². The van der Waals surface area contributed by atoms with Gasteiger partial charge in [-0.05, 0) is 53.9 Å². The van der Waals surface area contributed by atoms with Gasteiger partial charge in [0, 0.05) is 13.1 Å². The van der Waals surface area contributed by atoms with Gasteiger partial charge in [0.2, 0.25) is 5.91 Å². The Bertz CT molecular complexity index is 1930. The van der Waals surface area contributed by atoms with Crippen LogP contribution in [-0.2, 0) is 4.79 Å². The number of nitrogens with zero attached hydrogens (tertiary/aromatic N) is 5. The molecule has 2 aromatic carbocycles. The summed E-state index contributed by atoms with van der Waals surface area (Å²) in [6.45, 7) is 4.91. The molecule has 0 unspecified atom stereocenters. The van der Waals surface area contributed by atoms with E-state index in [0.717, 1.165) is 65.1 Å². The van der Waals surface area contributed by atoms with Crippen molar-refractivity contribution >= 4 is 17.9 Å². The molecule has 49 heavy (non-hydrogen) atoms. The predicted molar refractivity (Wildman–Crippen MR) is 182 cm³/mol. The second kappa shape index (κ2) is 13.4. The molecule has 3 amide bonds. The van der Waals surface area contributed by atoms with E-state index in [4.69, 9.17) is 0 Å². The van der Waals surface area contributed by atoms with E-state index in [9.17, 15) is 19.5 Å². The Morgan fingerprint density at radius 2 is 1.29 bits per heavy atom. The molecule has 13 nitrogen and oxygen atoms in total. The Labute approximate surface area is 283 Å². The lowest BCUT2D eigenvalue weighted by molar-refractivity contribution is -0.135. The van der Waals surface area contributed by atoms with Crippen LogP contribution in [-0.4, -0.2) is 81.8 Å². The number of hydrogen-bond acceptors (Lipinski definition) is 6. The first kappa shape index (κ1) is 31.9. The fourth-order valence-corrected chi connectivity index (χ4v) is 6.95. The van der Waals surface area contributed by atoms with E-state index >= 15 is 0 Å². The molecule has 3 aromatic heterocycles. The smallest absolute Gasteiger partial charge is 0.405 e. The number of nitrogens with one attached hydrogen (secondary N) is 4. The number of benzene rings is 2. The summed E-state index contributed by atoms with van der Waals surface area (Å²) in [5, 5.41) is 11.6. The van der Waals surface area contributed by atoms with E-state index in [1.54, 1.807) is 17.3 Å². The average molecular weight is 662 g/mol. The van der Waals surface area contributed by atoms with Crippen molar-refractivity contribution < 1.29 is 19.5 Å². The van der Waals surface area contributed by atoms with Crippen molar-refractivity contribution in [2.24, 2.45) is 5.92 Å². The molecule has 5 heterocycles. The van der Waals surface area contributed by atoms with Crippen LogP contribution in [0.4, 0.5) is 4.79 Å². The first-order valence-electron chi connectivity index (χ1n) is 16.7. The summed E-state index contributed by atoms with van der Waals surface area (Å²) in [6.07, 6.45) is 8.83. The average Bonchev–Trinajstić information content (AvgIpc) is 3.96. The summed E-state index contributed by atoms with van der Waals surface area (Å²) in [7, 11) is 0. The molecule has 2 saturated heterocycles. The summed E-state index contributed by atoms with van der Waals surface area (Å²) in [5.74, 6) is 1.01. The van der Waals surface area contributed by atoms with Crippen LogP contribution in [0, 0.1) is 5.92 Å². The molecule has 2 aliphatic rings. The third-order valence-electron chi connectivity index (χ3n) is 9.54. The van der Waals surface area contributed by atoms with Crippen LogP contribution in [0.2, 0.25) is 0 Å². The summed E-state index contributed by atoms with van der Waals surface area (Å²) in [5.41, 5.74) is 6.34. The fraction of sp³-hybridized carbons (Fsp3) is 0.333. The molecule has 0 radical (unpaired) electrons. The number of likely N-dealkylation sites (tertiary alicyclic amines) is 2. The zero-order valence-corrected chi connectivity index (χ0v) is 27.4. The van der Waals surface area contributed by atoms with Crippen LogP contribution in [0.3, 0.4) is 0 Å². The maximum Gasteiger partial charge on any atom is 0.405 e. The minimum absolute atomic E-state index is 0.0687. The first-order valence-corrected chi connectivity index (χ1v) is 16.7. The van der Waals surface area contributed by atoms with Crippen LogP contribution in [0.25, 0.3) is 33.6 Å². The van der Waals surface area contributed by atoms with E-state index in [1.807, 2.05) is 37.1 Å². The Morgan fingerprint density at radius 3 is 1.78 bits per heavy atom. The molecule has 0 spiro atoms. The number of H-pyrrole nitrogens is 3. The molecule has 2 aliphatic heterocycles. The van der Waals surface area contributed by atoms with Gasteiger partial charge in [0.1, 0.15) is 23.4 Å². The molecule has 5 aromatic rings. The van der Waals surface area contributed by atoms with Crippen molar-refractivity contribution in [3.63, 3.8) is 0 Å². The minimum atomic E-state index is -1.21. The van der Waals surface area contributed by atoms with Gasteiger partial charge in [-0.1, -0.05) is 62.4 Å². The topological polar surface area (TPSA) is 176 Å². The van der Waals surface area contributed by atoms with Crippen molar-refractivity contribution in [1.82, 2.24) is 45.0 Å². The van der Waals surface area contributed by atoms with Gasteiger partial charge in [0.15, 0.2) is 0 Å². The van der Waals surface area contributed by atoms with E-state index in [1.165, 1.54) is 6.33 Å². The normalized spacial score (nSPS) is 18.3. The highest BCUT2D eigenvalue weighted by atomic mass is 16.4. The minimum Gasteiger partial charge on any atom is -0.465 e. The lowest BCUT2D eigenvalue weighted by Crippen LogP contribution is -2.50. The summed E-state index contributed by atoms with van der Waals surface area (Å²) >= 11 is 0. The van der Waals surface area contributed by atoms with Crippen molar-refractivity contribution in [3.05, 3.63) is 90.8 Å². The van der Waals surface area contributed by atoms with Gasteiger partial charge >= 0.3 is 6.09 Å². The molecule has 0 bridgehead atoms. The van der Waals surface area contributed by atoms with Gasteiger partial charge in [0.25, 0.3) is 5.91 Å². The van der Waals surface area contributed by atoms with Gasteiger partial charge in [-0.2, -0.15) is 0 Å². The van der Waals surface area contributed by atoms with Crippen LogP contribution in [0.15, 0.2) is 73.4 Å². The SMILES string of the molecule is CC(C)[C@H](NC(=O)O)C(=O)N1CCC[C@H]1c1ncc(-c2ccc(-c3ccc(-c4cnc([C@@H]5CCCN5C(=O)c5cnc[nH]5)[nH]4)cc3)cc2)[nH]1. The van der Waals surface area contributed by atoms with Gasteiger partial charge in [-0.25, -0.2) is 19.7 Å². The first-order chi connectivity index (χ1) is 23.8. The summed E-state index contributed by atoms with van der Waals surface area (Å²) < 4.78 is 0. The fourth-order valence-electron chi connectivity index (χ4n) is 6.95. The van der Waals surface area contributed by atoms with Crippen molar-refractivity contribution in [2.45, 2.75) is 57.7 Å². The third kappa shape index (κ3) is 6.43. The highest BCUT2D eigenvalue weighted by Gasteiger charge is 2.37. The number of carbonyl (C=O) groups is 3. The molecule has 7 rings (SSSR count). The highest BCUT2D eigenvalue weighted by molar-refractivity contribution is 5.92. The van der Waals surface area contributed by atoms with Crippen molar-refractivity contribution in [3.8, 4) is 33.6 Å². The number of carbonyl (C=O) groups excluding carboxylic acids is 2. The van der Waals surface area contributed by atoms with Crippen molar-refractivity contribution in [2.75, 3.05) is 13.1 Å². The zero-order chi connectivity index (χ0) is 34.1. The van der Waals surface area contributed by atoms with E-state index in [-0.39, 0.29) is 29.8 Å². The van der Waals surface area contributed by atoms with E-state index in [2.05, 4.69) is 71.6 Å². The van der Waals surface area contributed by atoms with Crippen LogP contribution in [0.5, 0.6) is 0 Å². The zero-order valence-electron chi connectivity index (χ0n) is 27.4. The molecule has 0 saturated carbocycles. The quantitative estimate of drug-likeness (QED) is 0.133. The summed E-state index contributed by atoms with van der Waals surface area (Å²) in [6, 6.07) is 15.4. The Morgan fingerprint density at radius 1 is 0.776 bits per heavy atom. The molecule has 0 aliphatic carbocycles. The molecular weight excluding hydrogens is 622 g/mol. The lowest BCUT2D eigenvalue weighted by atomic mass is 10.0. The second-order valence-electron chi connectivity index (χ2n) is 13.0. The number of imidazole rings is 3. The van der Waals surface area contributed by atoms with Crippen LogP contribution < -0.4 is 5.32 Å². The van der Waals surface area contributed by atoms with Gasteiger partial charge in [-0.15, -0.1) is 0 Å². The number of aromatic nitrogens is 6. The lowest BCUT2D eigenvalue weighted by Gasteiger charge is -2.29. The third-order valence-corrected chi connectivity index (χ3v) is 9.54. The molecular formula is C36H39N9O4. The van der Waals surface area contributed by atoms with E-state index < -0.39 is 12.1 Å². The maximum atomic E-state index is 13.3. The molecule has 2 fully saturated rings. The maximum absolute atomic E-state index is 13.3. The van der Waals surface area contributed by atoms with Gasteiger partial charge < -0.3 is 35.2 Å². The predicted octanol–water partition coefficient (Wildman–Crippen LogP) is 5.79. The van der Waals surface area contributed by atoms with Crippen molar-refractivity contribution in [1.29, 1.82) is 0 Å². The molecule has 252 valence electrons. The van der Waals surface area contributed by atoms with Crippen LogP contribution in [0.1, 0.15) is 73.8 Å². The molecule has 5 N–H and O–H groups in total. The molecule has 13 heteroatoms. The second-order valence-corrected chi connectivity index (χ2v) is 13.0. The van der Waals surface area contributed by atoms with E-state index in [0.29, 0.717) is 24.6 Å². The monoisotopic (exact) mass is 661 g/mol. The van der Waals surface area contributed by atoms with Gasteiger partial charge in [-0.3, -0.25) is 9.59 Å². The van der Waals surface area contributed by atoms with Crippen LogP contribution >= 0.6 is 0 Å². The Balaban J connectivity index is 1.01. The number of aromatic amines is 3. The number of hydrogen-bond donors (Lipinski definition) is 5. The number of amides is 3. The largest absolute Gasteiger partial charge is 0.465 e.